The van der Waals surface area contributed by atoms with Gasteiger partial charge in [0.15, 0.2) is 0 Å². The summed E-state index contributed by atoms with van der Waals surface area (Å²) >= 11 is 0. The fraction of sp³-hybridized carbons (Fsp3) is 0. The van der Waals surface area contributed by atoms with E-state index in [9.17, 15) is 0 Å². The Morgan fingerprint density at radius 3 is 1.98 bits per heavy atom. The molecule has 0 unspecified atom stereocenters. The van der Waals surface area contributed by atoms with E-state index in [2.05, 4.69) is 150 Å². The Morgan fingerprint density at radius 2 is 1.17 bits per heavy atom. The number of nitrogens with zero attached hydrogens (tertiary/aromatic N) is 1. The number of hydrogen-bond donors (Lipinski definition) is 0. The standard InChI is InChI=1S/C38H24BNO/c1-3-11-25(12-4-1)29-21-33-32-20-19-26-13-9-10-18-31(26)38(32)41-39-34-22-27-14-7-8-15-28(27)23-35(34)40(36(24-29)37(33)39)30-16-5-2-6-17-30/h1-24H. The zero-order valence-corrected chi connectivity index (χ0v) is 22.3. The van der Waals surface area contributed by atoms with Crippen molar-refractivity contribution in [2.75, 3.05) is 4.90 Å². The smallest absolute Gasteiger partial charge is 0.431 e. The molecule has 190 valence electrons. The summed E-state index contributed by atoms with van der Waals surface area (Å²) < 4.78 is 7.13. The first kappa shape index (κ1) is 22.5. The number of para-hydroxylation sites is 1. The summed E-state index contributed by atoms with van der Waals surface area (Å²) in [6, 6.07) is 52.4. The van der Waals surface area contributed by atoms with Gasteiger partial charge >= 0.3 is 6.92 Å². The molecule has 0 bridgehead atoms. The Hall–Kier alpha value is -5.28. The molecule has 9 rings (SSSR count). The van der Waals surface area contributed by atoms with Crippen molar-refractivity contribution in [1.82, 2.24) is 0 Å². The molecule has 2 aliphatic heterocycles. The molecule has 0 atom stereocenters. The largest absolute Gasteiger partial charge is 0.550 e. The average Bonchev–Trinajstić information content (AvgIpc) is 3.04. The lowest BCUT2D eigenvalue weighted by Gasteiger charge is -2.40. The molecule has 0 radical (unpaired) electrons. The quantitative estimate of drug-likeness (QED) is 0.211. The van der Waals surface area contributed by atoms with Crippen LogP contribution in [0.2, 0.25) is 0 Å². The van der Waals surface area contributed by atoms with Crippen LogP contribution in [0.4, 0.5) is 17.1 Å². The number of rotatable bonds is 2. The van der Waals surface area contributed by atoms with Crippen molar-refractivity contribution in [3.05, 3.63) is 146 Å². The summed E-state index contributed by atoms with van der Waals surface area (Å²) in [6.07, 6.45) is 0. The van der Waals surface area contributed by atoms with E-state index in [-0.39, 0.29) is 6.92 Å². The van der Waals surface area contributed by atoms with Gasteiger partial charge in [-0.15, -0.1) is 0 Å². The van der Waals surface area contributed by atoms with E-state index in [1.807, 2.05) is 0 Å². The second kappa shape index (κ2) is 8.61. The van der Waals surface area contributed by atoms with E-state index in [4.69, 9.17) is 4.65 Å². The highest BCUT2D eigenvalue weighted by atomic mass is 16.4. The van der Waals surface area contributed by atoms with Crippen LogP contribution < -0.4 is 20.5 Å². The fourth-order valence-corrected chi connectivity index (χ4v) is 6.73. The number of benzene rings is 7. The molecule has 0 spiro atoms. The number of fused-ring (bicyclic) bond motifs is 7. The topological polar surface area (TPSA) is 12.5 Å². The van der Waals surface area contributed by atoms with Gasteiger partial charge in [-0.25, -0.2) is 0 Å². The lowest BCUT2D eigenvalue weighted by atomic mass is 9.49. The molecular formula is C38H24BNO. The van der Waals surface area contributed by atoms with Gasteiger partial charge in [-0.3, -0.25) is 0 Å². The molecule has 0 aromatic heterocycles. The van der Waals surface area contributed by atoms with Crippen LogP contribution in [0.15, 0.2) is 146 Å². The molecule has 3 heteroatoms. The average molecular weight is 521 g/mol. The molecule has 0 N–H and O–H groups in total. The minimum atomic E-state index is -0.220. The van der Waals surface area contributed by atoms with Gasteiger partial charge < -0.3 is 9.55 Å². The summed E-state index contributed by atoms with van der Waals surface area (Å²) in [7, 11) is 0. The summed E-state index contributed by atoms with van der Waals surface area (Å²) in [5, 5.41) is 4.78. The van der Waals surface area contributed by atoms with E-state index in [1.54, 1.807) is 0 Å². The van der Waals surface area contributed by atoms with Gasteiger partial charge in [-0.1, -0.05) is 115 Å². The van der Waals surface area contributed by atoms with Gasteiger partial charge in [0.1, 0.15) is 5.75 Å². The predicted octanol–water partition coefficient (Wildman–Crippen LogP) is 8.61. The van der Waals surface area contributed by atoms with Crippen molar-refractivity contribution in [1.29, 1.82) is 0 Å². The maximum absolute atomic E-state index is 7.13. The Morgan fingerprint density at radius 1 is 0.488 bits per heavy atom. The van der Waals surface area contributed by atoms with E-state index >= 15 is 0 Å². The van der Waals surface area contributed by atoms with Crippen LogP contribution in [0.1, 0.15) is 0 Å². The van der Waals surface area contributed by atoms with Crippen molar-refractivity contribution >= 4 is 56.4 Å². The molecule has 0 saturated heterocycles. The monoisotopic (exact) mass is 521 g/mol. The third-order valence-corrected chi connectivity index (χ3v) is 8.61. The zero-order chi connectivity index (χ0) is 26.9. The summed E-state index contributed by atoms with van der Waals surface area (Å²) in [5.41, 5.74) is 10.7. The Balaban J connectivity index is 1.43. The maximum Gasteiger partial charge on any atom is 0.431 e. The molecule has 2 aliphatic rings. The Bertz CT molecular complexity index is 2140. The molecule has 7 aromatic carbocycles. The van der Waals surface area contributed by atoms with Crippen LogP contribution in [0.5, 0.6) is 5.75 Å². The molecule has 2 heterocycles. The third kappa shape index (κ3) is 3.33. The molecule has 0 saturated carbocycles. The van der Waals surface area contributed by atoms with Gasteiger partial charge in [-0.2, -0.15) is 0 Å². The lowest BCUT2D eigenvalue weighted by Crippen LogP contribution is -2.56. The van der Waals surface area contributed by atoms with Crippen LogP contribution >= 0.6 is 0 Å². The minimum Gasteiger partial charge on any atom is -0.550 e. The zero-order valence-electron chi connectivity index (χ0n) is 22.3. The molecule has 2 nitrogen and oxygen atoms in total. The van der Waals surface area contributed by atoms with Crippen molar-refractivity contribution in [2.45, 2.75) is 0 Å². The highest BCUT2D eigenvalue weighted by Crippen LogP contribution is 2.47. The number of anilines is 3. The molecular weight excluding hydrogens is 497 g/mol. The van der Waals surface area contributed by atoms with Gasteiger partial charge in [0, 0.05) is 33.5 Å². The van der Waals surface area contributed by atoms with Gasteiger partial charge in [0.25, 0.3) is 0 Å². The predicted molar refractivity (Wildman–Crippen MR) is 173 cm³/mol. The third-order valence-electron chi connectivity index (χ3n) is 8.61. The highest BCUT2D eigenvalue weighted by molar-refractivity contribution is 6.86. The Labute approximate surface area is 239 Å². The molecule has 41 heavy (non-hydrogen) atoms. The van der Waals surface area contributed by atoms with Gasteiger partial charge in [0.05, 0.1) is 0 Å². The molecule has 0 fully saturated rings. The van der Waals surface area contributed by atoms with E-state index in [0.29, 0.717) is 0 Å². The SMILES string of the molecule is c1ccc(-c2cc3c4c(c2)N(c2ccccc2)c2cc5ccccc5cc2B4Oc2c-3ccc3ccccc23)cc1. The first-order valence-electron chi connectivity index (χ1n) is 14.1. The van der Waals surface area contributed by atoms with Gasteiger partial charge in [0.2, 0.25) is 0 Å². The van der Waals surface area contributed by atoms with Crippen LogP contribution in [-0.2, 0) is 0 Å². The lowest BCUT2D eigenvalue weighted by molar-refractivity contribution is 0.597. The summed E-state index contributed by atoms with van der Waals surface area (Å²) in [5.74, 6) is 0.962. The molecule has 0 aliphatic carbocycles. The maximum atomic E-state index is 7.13. The minimum absolute atomic E-state index is 0.220. The second-order valence-corrected chi connectivity index (χ2v) is 10.9. The van der Waals surface area contributed by atoms with Crippen LogP contribution in [0.3, 0.4) is 0 Å². The van der Waals surface area contributed by atoms with E-state index in [0.717, 1.165) is 28.1 Å². The van der Waals surface area contributed by atoms with Crippen molar-refractivity contribution < 1.29 is 4.65 Å². The number of hydrogen-bond acceptors (Lipinski definition) is 2. The fourth-order valence-electron chi connectivity index (χ4n) is 6.73. The Kier molecular flexibility index (Phi) is 4.73. The highest BCUT2D eigenvalue weighted by Gasteiger charge is 2.43. The summed E-state index contributed by atoms with van der Waals surface area (Å²) in [6.45, 7) is -0.220. The van der Waals surface area contributed by atoms with E-state index < -0.39 is 0 Å². The first-order valence-corrected chi connectivity index (χ1v) is 14.1. The van der Waals surface area contributed by atoms with Crippen LogP contribution in [0.25, 0.3) is 43.8 Å². The van der Waals surface area contributed by atoms with Gasteiger partial charge in [-0.05, 0) is 68.6 Å². The molecule has 0 amide bonds. The van der Waals surface area contributed by atoms with Crippen molar-refractivity contribution in [3.8, 4) is 28.0 Å². The second-order valence-electron chi connectivity index (χ2n) is 10.9. The van der Waals surface area contributed by atoms with Crippen LogP contribution in [-0.4, -0.2) is 6.92 Å². The van der Waals surface area contributed by atoms with Crippen molar-refractivity contribution in [2.24, 2.45) is 0 Å². The first-order chi connectivity index (χ1) is 20.3. The normalized spacial score (nSPS) is 13.0. The molecule has 7 aromatic rings. The van der Waals surface area contributed by atoms with Crippen LogP contribution in [0, 0.1) is 0 Å². The van der Waals surface area contributed by atoms with Crippen molar-refractivity contribution in [3.63, 3.8) is 0 Å². The summed E-state index contributed by atoms with van der Waals surface area (Å²) in [4.78, 5) is 2.43. The van der Waals surface area contributed by atoms with E-state index in [1.165, 1.54) is 49.5 Å².